The topological polar surface area (TPSA) is 132 Å². The van der Waals surface area contributed by atoms with Crippen LogP contribution in [0, 0.1) is 17.8 Å². The number of hydrogen-bond donors (Lipinski definition) is 4. The maximum atomic E-state index is 13.1. The first kappa shape index (κ1) is 37.1. The molecule has 9 atom stereocenters. The second-order valence-electron chi connectivity index (χ2n) is 12.8. The number of carbonyl (C=O) groups excluding carboxylic acids is 2. The Balaban J connectivity index is 2.01. The molecule has 0 aromatic rings. The largest absolute Gasteiger partial charge is 0.439 e. The number of Topliss-reactive ketones (excluding diaryl/α,β-unsaturated/α-hetero) is 1. The van der Waals surface area contributed by atoms with Gasteiger partial charge in [0.15, 0.2) is 11.9 Å². The first-order valence-electron chi connectivity index (χ1n) is 16.3. The molecule has 9 heteroatoms. The van der Waals surface area contributed by atoms with Crippen LogP contribution >= 0.6 is 0 Å². The number of ether oxygens (including phenoxy) is 2. The number of hydrogen-bond acceptors (Lipinski definition) is 8. The van der Waals surface area contributed by atoms with Crippen LogP contribution in [-0.4, -0.2) is 94.4 Å². The lowest BCUT2D eigenvalue weighted by molar-refractivity contribution is -0.117. The van der Waals surface area contributed by atoms with Gasteiger partial charge in [-0.3, -0.25) is 4.79 Å². The van der Waals surface area contributed by atoms with E-state index in [1.807, 2.05) is 32.9 Å². The Morgan fingerprint density at radius 2 is 1.81 bits per heavy atom. The molecule has 0 spiro atoms. The van der Waals surface area contributed by atoms with Crippen molar-refractivity contribution in [1.82, 2.24) is 10.2 Å². The molecule has 0 saturated carbocycles. The fourth-order valence-electron chi connectivity index (χ4n) is 5.42. The number of aliphatic hydroxyl groups is 3. The Morgan fingerprint density at radius 3 is 2.49 bits per heavy atom. The standard InChI is InChI=1S/C34H58N2O7/c1-8-27(37)16-17-34(7,41)30(43-33(40)36-20-11-18-35-19-21-36)15-14-25(5)31(39)24(4)13-10-12-23(3)22-29-32(42-29)26(6)28(38)9-2/h10,12-15,23,25-30,32,35,37-38,41H,8-9,11,16-22H2,1-7H3/b12-10+,15-14+,24-13+. The molecule has 2 fully saturated rings. The Kier molecular flexibility index (Phi) is 15.6. The molecule has 9 nitrogen and oxygen atoms in total. The van der Waals surface area contributed by atoms with Crippen LogP contribution in [-0.2, 0) is 14.3 Å². The van der Waals surface area contributed by atoms with E-state index in [-0.39, 0.29) is 42.4 Å². The third-order valence-corrected chi connectivity index (χ3v) is 8.83. The summed E-state index contributed by atoms with van der Waals surface area (Å²) in [7, 11) is 0. The van der Waals surface area contributed by atoms with E-state index < -0.39 is 29.8 Å². The molecule has 2 heterocycles. The van der Waals surface area contributed by atoms with Gasteiger partial charge in [-0.05, 0) is 76.5 Å². The van der Waals surface area contributed by atoms with Gasteiger partial charge in [0.05, 0.1) is 24.4 Å². The quantitative estimate of drug-likeness (QED) is 0.0821. The van der Waals surface area contributed by atoms with Gasteiger partial charge in [0, 0.05) is 31.5 Å². The zero-order valence-electron chi connectivity index (χ0n) is 27.5. The summed E-state index contributed by atoms with van der Waals surface area (Å²) in [5, 5.41) is 34.7. The summed E-state index contributed by atoms with van der Waals surface area (Å²) in [6.45, 7) is 15.8. The molecule has 2 rings (SSSR count). The van der Waals surface area contributed by atoms with Gasteiger partial charge < -0.3 is 35.0 Å². The van der Waals surface area contributed by atoms with Gasteiger partial charge in [0.1, 0.15) is 5.60 Å². The summed E-state index contributed by atoms with van der Waals surface area (Å²) in [4.78, 5) is 27.8. The lowest BCUT2D eigenvalue weighted by Crippen LogP contribution is -2.45. The van der Waals surface area contributed by atoms with E-state index >= 15 is 0 Å². The molecular weight excluding hydrogens is 548 g/mol. The Hall–Kier alpha value is -2.04. The number of aliphatic hydroxyl groups excluding tert-OH is 2. The van der Waals surface area contributed by atoms with Gasteiger partial charge in [-0.2, -0.15) is 0 Å². The number of allylic oxidation sites excluding steroid dienone is 5. The normalized spacial score (nSPS) is 25.4. The van der Waals surface area contributed by atoms with Gasteiger partial charge in [0.25, 0.3) is 0 Å². The summed E-state index contributed by atoms with van der Waals surface area (Å²) >= 11 is 0. The van der Waals surface area contributed by atoms with E-state index in [0.29, 0.717) is 38.0 Å². The molecule has 0 aromatic heterocycles. The second-order valence-corrected chi connectivity index (χ2v) is 12.8. The van der Waals surface area contributed by atoms with Crippen molar-refractivity contribution >= 4 is 11.9 Å². The van der Waals surface area contributed by atoms with E-state index in [1.165, 1.54) is 0 Å². The second kappa shape index (κ2) is 18.1. The summed E-state index contributed by atoms with van der Waals surface area (Å²) in [6, 6.07) is 0. The fraction of sp³-hybridized carbons (Fsp3) is 0.765. The predicted molar refractivity (Wildman–Crippen MR) is 170 cm³/mol. The van der Waals surface area contributed by atoms with Crippen LogP contribution in [0.15, 0.2) is 36.0 Å². The minimum absolute atomic E-state index is 0.0637. The Bertz CT molecular complexity index is 954. The van der Waals surface area contributed by atoms with Crippen molar-refractivity contribution in [1.29, 1.82) is 0 Å². The molecule has 0 aliphatic carbocycles. The van der Waals surface area contributed by atoms with Crippen LogP contribution in [0.4, 0.5) is 4.79 Å². The Labute approximate surface area is 259 Å². The van der Waals surface area contributed by atoms with Crippen LogP contribution in [0.5, 0.6) is 0 Å². The average molecular weight is 607 g/mol. The summed E-state index contributed by atoms with van der Waals surface area (Å²) in [5.41, 5.74) is -0.820. The first-order valence-corrected chi connectivity index (χ1v) is 16.3. The van der Waals surface area contributed by atoms with Gasteiger partial charge in [-0.1, -0.05) is 58.9 Å². The number of carbonyl (C=O) groups is 2. The number of rotatable bonds is 17. The molecule has 2 aliphatic rings. The number of nitrogens with one attached hydrogen (secondary N) is 1. The molecule has 246 valence electrons. The van der Waals surface area contributed by atoms with Crippen molar-refractivity contribution in [3.63, 3.8) is 0 Å². The molecule has 0 bridgehead atoms. The SMILES string of the molecule is CCC(O)CCC(C)(O)C(/C=C/C(C)C(=O)/C(C)=C/C=C/C(C)CC1OC1C(C)C(O)CC)OC(=O)N1CCCNCC1. The molecule has 0 aromatic carbocycles. The zero-order valence-corrected chi connectivity index (χ0v) is 27.5. The van der Waals surface area contributed by atoms with Gasteiger partial charge >= 0.3 is 6.09 Å². The van der Waals surface area contributed by atoms with Gasteiger partial charge in [0.2, 0.25) is 0 Å². The summed E-state index contributed by atoms with van der Waals surface area (Å²) < 4.78 is 11.6. The predicted octanol–water partition coefficient (Wildman–Crippen LogP) is 4.55. The van der Waals surface area contributed by atoms with Gasteiger partial charge in [-0.25, -0.2) is 4.79 Å². The molecule has 9 unspecified atom stereocenters. The van der Waals surface area contributed by atoms with Gasteiger partial charge in [-0.15, -0.1) is 0 Å². The number of amides is 1. The van der Waals surface area contributed by atoms with Crippen molar-refractivity contribution in [3.05, 3.63) is 36.0 Å². The van der Waals surface area contributed by atoms with Crippen LogP contribution in [0.2, 0.25) is 0 Å². The van der Waals surface area contributed by atoms with E-state index in [4.69, 9.17) is 9.47 Å². The van der Waals surface area contributed by atoms with Crippen LogP contribution in [0.3, 0.4) is 0 Å². The fourth-order valence-corrected chi connectivity index (χ4v) is 5.42. The maximum Gasteiger partial charge on any atom is 0.410 e. The van der Waals surface area contributed by atoms with Crippen molar-refractivity contribution < 1.29 is 34.4 Å². The monoisotopic (exact) mass is 606 g/mol. The third kappa shape index (κ3) is 12.5. The first-order chi connectivity index (χ1) is 20.3. The average Bonchev–Trinajstić information content (AvgIpc) is 3.79. The molecule has 2 saturated heterocycles. The number of ketones is 1. The van der Waals surface area contributed by atoms with Crippen molar-refractivity contribution in [3.8, 4) is 0 Å². The molecule has 4 N–H and O–H groups in total. The van der Waals surface area contributed by atoms with Crippen molar-refractivity contribution in [2.24, 2.45) is 17.8 Å². The third-order valence-electron chi connectivity index (χ3n) is 8.83. The van der Waals surface area contributed by atoms with E-state index in [1.54, 1.807) is 37.8 Å². The number of epoxide rings is 1. The molecule has 0 radical (unpaired) electrons. The van der Waals surface area contributed by atoms with Crippen LogP contribution in [0.1, 0.15) is 87.0 Å². The molecular formula is C34H58N2O7. The van der Waals surface area contributed by atoms with Crippen LogP contribution in [0.25, 0.3) is 0 Å². The molecule has 2 aliphatic heterocycles. The van der Waals surface area contributed by atoms with Crippen LogP contribution < -0.4 is 5.32 Å². The van der Waals surface area contributed by atoms with E-state index in [2.05, 4.69) is 18.3 Å². The highest BCUT2D eigenvalue weighted by Crippen LogP contribution is 2.36. The highest BCUT2D eigenvalue weighted by atomic mass is 16.6. The lowest BCUT2D eigenvalue weighted by Gasteiger charge is -2.33. The lowest BCUT2D eigenvalue weighted by atomic mass is 9.89. The minimum atomic E-state index is -1.42. The Morgan fingerprint density at radius 1 is 1.09 bits per heavy atom. The highest BCUT2D eigenvalue weighted by Gasteiger charge is 2.45. The smallest absolute Gasteiger partial charge is 0.410 e. The molecule has 1 amide bonds. The number of nitrogens with zero attached hydrogens (tertiary/aromatic N) is 1. The summed E-state index contributed by atoms with van der Waals surface area (Å²) in [5.74, 6) is -0.163. The summed E-state index contributed by atoms with van der Waals surface area (Å²) in [6.07, 6.45) is 10.6. The zero-order chi connectivity index (χ0) is 32.2. The highest BCUT2D eigenvalue weighted by molar-refractivity contribution is 5.97. The van der Waals surface area contributed by atoms with Crippen molar-refractivity contribution in [2.75, 3.05) is 26.2 Å². The minimum Gasteiger partial charge on any atom is -0.439 e. The maximum absolute atomic E-state index is 13.1. The molecule has 43 heavy (non-hydrogen) atoms. The van der Waals surface area contributed by atoms with Crippen molar-refractivity contribution in [2.45, 2.75) is 123 Å². The van der Waals surface area contributed by atoms with E-state index in [9.17, 15) is 24.9 Å². The van der Waals surface area contributed by atoms with E-state index in [0.717, 1.165) is 25.8 Å².